The Hall–Kier alpha value is -2.94. The Bertz CT molecular complexity index is 877. The first-order chi connectivity index (χ1) is 16.1. The molecular formula is C31H46N2O. The summed E-state index contributed by atoms with van der Waals surface area (Å²) in [6.45, 7) is 22.5. The predicted molar refractivity (Wildman–Crippen MR) is 151 cm³/mol. The molecule has 1 aliphatic carbocycles. The van der Waals surface area contributed by atoms with Crippen molar-refractivity contribution in [3.05, 3.63) is 89.6 Å². The van der Waals surface area contributed by atoms with Gasteiger partial charge in [0.05, 0.1) is 12.2 Å². The molecule has 0 spiro atoms. The average molecular weight is 463 g/mol. The fourth-order valence-electron chi connectivity index (χ4n) is 3.42. The lowest BCUT2D eigenvalue weighted by atomic mass is 9.77. The molecule has 0 bridgehead atoms. The van der Waals surface area contributed by atoms with E-state index in [2.05, 4.69) is 62.6 Å². The Kier molecular flexibility index (Phi) is 16.0. The third-order valence-corrected chi connectivity index (χ3v) is 4.95. The summed E-state index contributed by atoms with van der Waals surface area (Å²) in [6, 6.07) is 18.2. The van der Waals surface area contributed by atoms with E-state index in [4.69, 9.17) is 0 Å². The highest BCUT2D eigenvalue weighted by Gasteiger charge is 2.24. The van der Waals surface area contributed by atoms with Crippen LogP contribution in [0.15, 0.2) is 83.5 Å². The monoisotopic (exact) mass is 462 g/mol. The van der Waals surface area contributed by atoms with E-state index >= 15 is 0 Å². The van der Waals surface area contributed by atoms with Crippen LogP contribution in [-0.4, -0.2) is 19.0 Å². The fraction of sp³-hybridized carbons (Fsp3) is 0.419. The molecule has 0 atom stereocenters. The van der Waals surface area contributed by atoms with E-state index in [1.165, 1.54) is 11.1 Å². The Morgan fingerprint density at radius 1 is 0.971 bits per heavy atom. The van der Waals surface area contributed by atoms with Gasteiger partial charge in [-0.1, -0.05) is 100 Å². The Labute approximate surface area is 209 Å². The van der Waals surface area contributed by atoms with Crippen LogP contribution in [0.25, 0.3) is 0 Å². The average Bonchev–Trinajstić information content (AvgIpc) is 2.80. The zero-order valence-electron chi connectivity index (χ0n) is 22.6. The number of allylic oxidation sites excluding steroid dienone is 3. The van der Waals surface area contributed by atoms with E-state index in [0.717, 1.165) is 36.2 Å². The third kappa shape index (κ3) is 15.0. The Balaban J connectivity index is 0.000000508. The van der Waals surface area contributed by atoms with Crippen molar-refractivity contribution in [1.82, 2.24) is 5.32 Å². The molecule has 3 nitrogen and oxygen atoms in total. The number of hydrogen-bond acceptors (Lipinski definition) is 3. The highest BCUT2D eigenvalue weighted by molar-refractivity contribution is 5.80. The number of rotatable bonds is 6. The van der Waals surface area contributed by atoms with Crippen molar-refractivity contribution in [1.29, 1.82) is 0 Å². The second-order valence-corrected chi connectivity index (χ2v) is 9.14. The summed E-state index contributed by atoms with van der Waals surface area (Å²) in [5.74, 6) is 0.289. The second-order valence-electron chi connectivity index (χ2n) is 9.14. The van der Waals surface area contributed by atoms with Crippen molar-refractivity contribution in [2.24, 2.45) is 10.4 Å². The van der Waals surface area contributed by atoms with E-state index < -0.39 is 0 Å². The smallest absolute Gasteiger partial charge is 0.151 e. The summed E-state index contributed by atoms with van der Waals surface area (Å²) in [5.41, 5.74) is 6.08. The van der Waals surface area contributed by atoms with E-state index in [0.29, 0.717) is 13.0 Å². The molecule has 0 aliphatic heterocycles. The van der Waals surface area contributed by atoms with Crippen LogP contribution in [0, 0.1) is 19.3 Å². The van der Waals surface area contributed by atoms with Gasteiger partial charge >= 0.3 is 0 Å². The van der Waals surface area contributed by atoms with Crippen LogP contribution in [0.4, 0.5) is 5.69 Å². The first kappa shape index (κ1) is 31.1. The molecule has 0 radical (unpaired) electrons. The van der Waals surface area contributed by atoms with E-state index in [-0.39, 0.29) is 11.2 Å². The molecule has 3 heteroatoms. The van der Waals surface area contributed by atoms with Gasteiger partial charge in [0.1, 0.15) is 0 Å². The highest BCUT2D eigenvalue weighted by Crippen LogP contribution is 2.36. The number of aliphatic imine (C=N–C) groups is 1. The molecule has 0 aromatic heterocycles. The van der Waals surface area contributed by atoms with E-state index in [1.54, 1.807) is 0 Å². The van der Waals surface area contributed by atoms with Crippen LogP contribution in [-0.2, 0) is 4.79 Å². The number of nitrogens with zero attached hydrogens (tertiary/aromatic N) is 1. The molecule has 0 fully saturated rings. The van der Waals surface area contributed by atoms with Crippen LogP contribution in [0.1, 0.15) is 71.4 Å². The molecule has 2 aromatic carbocycles. The molecule has 1 aliphatic rings. The Morgan fingerprint density at radius 3 is 1.97 bits per heavy atom. The standard InChI is InChI=1S/C14H23NO.C8H9N.C7H8.C2H6/c1-5-6-13(16)10-15-12-7-11(2)8-14(3,4)9-12;1-7-3-5-8(9-2)6-4-7;1-7-5-3-2-4-6-7;1-2/h7,15H,2,5-6,8-10H2,1,3-4H3;3-6H,2H2,1H3;2-6H,1H3;1-2H3. The van der Waals surface area contributed by atoms with Crippen molar-refractivity contribution >= 4 is 18.2 Å². The van der Waals surface area contributed by atoms with Crippen molar-refractivity contribution in [3.8, 4) is 0 Å². The van der Waals surface area contributed by atoms with Crippen LogP contribution >= 0.6 is 0 Å². The van der Waals surface area contributed by atoms with Crippen LogP contribution < -0.4 is 5.32 Å². The third-order valence-electron chi connectivity index (χ3n) is 4.95. The van der Waals surface area contributed by atoms with Gasteiger partial charge in [0.15, 0.2) is 5.78 Å². The summed E-state index contributed by atoms with van der Waals surface area (Å²) in [6.07, 6.45) is 5.74. The molecule has 0 saturated heterocycles. The van der Waals surface area contributed by atoms with Gasteiger partial charge < -0.3 is 5.32 Å². The number of benzene rings is 2. The molecule has 34 heavy (non-hydrogen) atoms. The van der Waals surface area contributed by atoms with E-state index in [1.807, 2.05) is 70.2 Å². The van der Waals surface area contributed by atoms with Gasteiger partial charge in [0.2, 0.25) is 0 Å². The maximum Gasteiger partial charge on any atom is 0.151 e. The minimum absolute atomic E-state index is 0.266. The molecule has 0 saturated carbocycles. The van der Waals surface area contributed by atoms with Gasteiger partial charge in [-0.3, -0.25) is 9.79 Å². The molecule has 2 aromatic rings. The topological polar surface area (TPSA) is 41.5 Å². The molecule has 3 rings (SSSR count). The first-order valence-corrected chi connectivity index (χ1v) is 12.3. The molecule has 1 N–H and O–H groups in total. The number of carbonyl (C=O) groups is 1. The van der Waals surface area contributed by atoms with Gasteiger partial charge in [-0.25, -0.2) is 0 Å². The molecular weight excluding hydrogens is 416 g/mol. The lowest BCUT2D eigenvalue weighted by Gasteiger charge is -2.31. The molecule has 0 amide bonds. The highest BCUT2D eigenvalue weighted by atomic mass is 16.1. The van der Waals surface area contributed by atoms with Crippen LogP contribution in [0.3, 0.4) is 0 Å². The van der Waals surface area contributed by atoms with Gasteiger partial charge in [-0.15, -0.1) is 0 Å². The maximum atomic E-state index is 11.4. The zero-order chi connectivity index (χ0) is 26.0. The number of carbonyl (C=O) groups excluding carboxylic acids is 1. The minimum Gasteiger partial charge on any atom is -0.381 e. The normalized spacial score (nSPS) is 13.4. The predicted octanol–water partition coefficient (Wildman–Crippen LogP) is 8.55. The lowest BCUT2D eigenvalue weighted by molar-refractivity contribution is -0.118. The number of nitrogens with one attached hydrogen (secondary N) is 1. The second kappa shape index (κ2) is 17.5. The summed E-state index contributed by atoms with van der Waals surface area (Å²) in [4.78, 5) is 15.2. The fourth-order valence-corrected chi connectivity index (χ4v) is 3.42. The van der Waals surface area contributed by atoms with Gasteiger partial charge in [-0.2, -0.15) is 0 Å². The molecule has 0 heterocycles. The number of Topliss-reactive ketones (excluding diaryl/α,β-unsaturated/α-hetero) is 1. The summed E-state index contributed by atoms with van der Waals surface area (Å²) in [5, 5.41) is 3.24. The summed E-state index contributed by atoms with van der Waals surface area (Å²) in [7, 11) is 0. The molecule has 0 unspecified atom stereocenters. The lowest BCUT2D eigenvalue weighted by Crippen LogP contribution is -2.28. The van der Waals surface area contributed by atoms with Gasteiger partial charge in [0, 0.05) is 12.1 Å². The van der Waals surface area contributed by atoms with Crippen LogP contribution in [0.2, 0.25) is 0 Å². The van der Waals surface area contributed by atoms with Crippen molar-refractivity contribution in [3.63, 3.8) is 0 Å². The van der Waals surface area contributed by atoms with E-state index in [9.17, 15) is 4.79 Å². The quantitative estimate of drug-likeness (QED) is 0.437. The number of ketones is 1. The summed E-state index contributed by atoms with van der Waals surface area (Å²) < 4.78 is 0. The first-order valence-electron chi connectivity index (χ1n) is 12.3. The summed E-state index contributed by atoms with van der Waals surface area (Å²) >= 11 is 0. The zero-order valence-corrected chi connectivity index (χ0v) is 22.6. The van der Waals surface area contributed by atoms with Crippen molar-refractivity contribution in [2.75, 3.05) is 6.54 Å². The largest absolute Gasteiger partial charge is 0.381 e. The van der Waals surface area contributed by atoms with Crippen molar-refractivity contribution < 1.29 is 4.79 Å². The van der Waals surface area contributed by atoms with Gasteiger partial charge in [0.25, 0.3) is 0 Å². The van der Waals surface area contributed by atoms with Crippen molar-refractivity contribution in [2.45, 2.75) is 74.1 Å². The molecule has 186 valence electrons. The van der Waals surface area contributed by atoms with Crippen LogP contribution in [0.5, 0.6) is 0 Å². The number of aryl methyl sites for hydroxylation is 2. The van der Waals surface area contributed by atoms with Gasteiger partial charge in [-0.05, 0) is 63.5 Å². The Morgan fingerprint density at radius 2 is 1.53 bits per heavy atom. The number of hydrogen-bond donors (Lipinski definition) is 1. The maximum absolute atomic E-state index is 11.4. The SMILES string of the molecule is C=C1C=C(NCC(=O)CCC)CC(C)(C)C1.C=Nc1ccc(C)cc1.CC.Cc1ccccc1. The minimum atomic E-state index is 0.266.